The standard InChI is InChI=1S/C21H33N3O2S/c1-16(2)6-5-11-24-12-9-18(10-13-24)23-20(25)21(26,17-7-3-4-8-17)19-14-22-15-27-19/h6,14-15,17-18,26H,3-5,7-13H2,1-2H3,(H,23,25). The molecule has 5 nitrogen and oxygen atoms in total. The number of aliphatic hydroxyl groups is 1. The summed E-state index contributed by atoms with van der Waals surface area (Å²) in [6.45, 7) is 7.36. The highest BCUT2D eigenvalue weighted by Gasteiger charge is 2.48. The molecule has 2 N–H and O–H groups in total. The van der Waals surface area contributed by atoms with E-state index in [-0.39, 0.29) is 17.9 Å². The van der Waals surface area contributed by atoms with Gasteiger partial charge in [-0.25, -0.2) is 0 Å². The number of aromatic nitrogens is 1. The number of hydrogen-bond donors (Lipinski definition) is 2. The van der Waals surface area contributed by atoms with Gasteiger partial charge in [0, 0.05) is 37.8 Å². The molecule has 1 atom stereocenters. The van der Waals surface area contributed by atoms with Crippen LogP contribution in [-0.4, -0.2) is 46.6 Å². The molecular weight excluding hydrogens is 358 g/mol. The van der Waals surface area contributed by atoms with Crippen molar-refractivity contribution in [1.29, 1.82) is 0 Å². The molecule has 1 aromatic heterocycles. The summed E-state index contributed by atoms with van der Waals surface area (Å²) in [5.74, 6) is -0.219. The van der Waals surface area contributed by atoms with E-state index in [1.54, 1.807) is 11.7 Å². The van der Waals surface area contributed by atoms with Crippen LogP contribution in [-0.2, 0) is 10.4 Å². The first-order valence-electron chi connectivity index (χ1n) is 10.3. The summed E-state index contributed by atoms with van der Waals surface area (Å²) in [4.78, 5) is 20.4. The maximum absolute atomic E-state index is 13.1. The number of likely N-dealkylation sites (tertiary alicyclic amines) is 1. The monoisotopic (exact) mass is 391 g/mol. The Morgan fingerprint density at radius 3 is 2.63 bits per heavy atom. The van der Waals surface area contributed by atoms with Crippen molar-refractivity contribution in [2.24, 2.45) is 5.92 Å². The largest absolute Gasteiger partial charge is 0.374 e. The van der Waals surface area contributed by atoms with Crippen LogP contribution in [0, 0.1) is 5.92 Å². The van der Waals surface area contributed by atoms with Gasteiger partial charge in [-0.05, 0) is 46.0 Å². The quantitative estimate of drug-likeness (QED) is 0.699. The minimum Gasteiger partial charge on any atom is -0.374 e. The normalized spacial score (nSPS) is 21.7. The Hall–Kier alpha value is -1.24. The number of piperidine rings is 1. The van der Waals surface area contributed by atoms with Crippen molar-refractivity contribution in [2.45, 2.75) is 70.4 Å². The summed E-state index contributed by atoms with van der Waals surface area (Å²) >= 11 is 1.38. The lowest BCUT2D eigenvalue weighted by molar-refractivity contribution is -0.148. The molecule has 2 fully saturated rings. The topological polar surface area (TPSA) is 65.5 Å². The Morgan fingerprint density at radius 2 is 2.04 bits per heavy atom. The van der Waals surface area contributed by atoms with Gasteiger partial charge in [0.15, 0.2) is 5.60 Å². The molecular formula is C21H33N3O2S. The second-order valence-corrected chi connectivity index (χ2v) is 9.16. The van der Waals surface area contributed by atoms with Gasteiger partial charge in [0.05, 0.1) is 10.4 Å². The third-order valence-electron chi connectivity index (χ3n) is 6.02. The Balaban J connectivity index is 1.56. The molecule has 150 valence electrons. The molecule has 0 aromatic carbocycles. The smallest absolute Gasteiger partial charge is 0.258 e. The fraction of sp³-hybridized carbons (Fsp3) is 0.714. The lowest BCUT2D eigenvalue weighted by Gasteiger charge is -2.36. The van der Waals surface area contributed by atoms with Gasteiger partial charge >= 0.3 is 0 Å². The van der Waals surface area contributed by atoms with Crippen LogP contribution in [0.25, 0.3) is 0 Å². The van der Waals surface area contributed by atoms with Crippen LogP contribution in [0.4, 0.5) is 0 Å². The van der Waals surface area contributed by atoms with Gasteiger partial charge < -0.3 is 15.3 Å². The van der Waals surface area contributed by atoms with E-state index >= 15 is 0 Å². The number of nitrogens with zero attached hydrogens (tertiary/aromatic N) is 2. The number of allylic oxidation sites excluding steroid dienone is 1. The number of nitrogens with one attached hydrogen (secondary N) is 1. The van der Waals surface area contributed by atoms with Crippen molar-refractivity contribution in [2.75, 3.05) is 19.6 Å². The van der Waals surface area contributed by atoms with Crippen molar-refractivity contribution in [3.8, 4) is 0 Å². The molecule has 1 unspecified atom stereocenters. The van der Waals surface area contributed by atoms with Crippen LogP contribution < -0.4 is 5.32 Å². The van der Waals surface area contributed by atoms with Crippen LogP contribution in [0.3, 0.4) is 0 Å². The summed E-state index contributed by atoms with van der Waals surface area (Å²) in [6.07, 6.45) is 10.9. The number of carbonyl (C=O) groups excluding carboxylic acids is 1. The Kier molecular flexibility index (Phi) is 7.06. The highest BCUT2D eigenvalue weighted by atomic mass is 32.1. The van der Waals surface area contributed by atoms with Crippen LogP contribution in [0.1, 0.15) is 63.7 Å². The van der Waals surface area contributed by atoms with Crippen molar-refractivity contribution < 1.29 is 9.90 Å². The fourth-order valence-electron chi connectivity index (χ4n) is 4.38. The molecule has 2 heterocycles. The third-order valence-corrected chi connectivity index (χ3v) is 6.92. The van der Waals surface area contributed by atoms with E-state index in [0.29, 0.717) is 4.88 Å². The molecule has 0 radical (unpaired) electrons. The van der Waals surface area contributed by atoms with Gasteiger partial charge in [-0.2, -0.15) is 0 Å². The zero-order valence-corrected chi connectivity index (χ0v) is 17.4. The number of carbonyl (C=O) groups is 1. The lowest BCUT2D eigenvalue weighted by Crippen LogP contribution is -2.53. The number of amides is 1. The maximum Gasteiger partial charge on any atom is 0.258 e. The first-order valence-corrected chi connectivity index (χ1v) is 11.2. The SMILES string of the molecule is CC(C)=CCCN1CCC(NC(=O)C(O)(c2cncs2)C2CCCC2)CC1. The van der Waals surface area contributed by atoms with Crippen molar-refractivity contribution in [3.63, 3.8) is 0 Å². The number of hydrogen-bond acceptors (Lipinski definition) is 5. The predicted molar refractivity (Wildman–Crippen MR) is 110 cm³/mol. The van der Waals surface area contributed by atoms with E-state index in [1.807, 2.05) is 0 Å². The van der Waals surface area contributed by atoms with Crippen molar-refractivity contribution >= 4 is 17.2 Å². The zero-order chi connectivity index (χ0) is 19.3. The lowest BCUT2D eigenvalue weighted by atomic mass is 9.83. The molecule has 1 saturated heterocycles. The van der Waals surface area contributed by atoms with Crippen molar-refractivity contribution in [3.05, 3.63) is 28.2 Å². The Bertz CT molecular complexity index is 628. The molecule has 27 heavy (non-hydrogen) atoms. The second kappa shape index (κ2) is 9.30. The Morgan fingerprint density at radius 1 is 1.33 bits per heavy atom. The molecule has 6 heteroatoms. The van der Waals surface area contributed by atoms with Gasteiger partial charge in [0.1, 0.15) is 0 Å². The molecule has 1 aliphatic carbocycles. The number of thiazole rings is 1. The zero-order valence-electron chi connectivity index (χ0n) is 16.6. The van der Waals surface area contributed by atoms with Crippen molar-refractivity contribution in [1.82, 2.24) is 15.2 Å². The van der Waals surface area contributed by atoms with Gasteiger partial charge in [0.2, 0.25) is 0 Å². The molecule has 1 saturated carbocycles. The minimum absolute atomic E-state index is 0.00195. The van der Waals surface area contributed by atoms with E-state index < -0.39 is 5.60 Å². The minimum atomic E-state index is -1.42. The molecule has 3 rings (SSSR count). The summed E-state index contributed by atoms with van der Waals surface area (Å²) in [5.41, 5.74) is 1.65. The average molecular weight is 392 g/mol. The molecule has 0 bridgehead atoms. The summed E-state index contributed by atoms with van der Waals surface area (Å²) < 4.78 is 0. The Labute approximate surface area is 166 Å². The van der Waals surface area contributed by atoms with E-state index in [2.05, 4.69) is 35.1 Å². The highest BCUT2D eigenvalue weighted by molar-refractivity contribution is 7.09. The van der Waals surface area contributed by atoms with Gasteiger partial charge in [0.25, 0.3) is 5.91 Å². The fourth-order valence-corrected chi connectivity index (χ4v) is 5.17. The van der Waals surface area contributed by atoms with E-state index in [1.165, 1.54) is 16.9 Å². The second-order valence-electron chi connectivity index (χ2n) is 8.27. The van der Waals surface area contributed by atoms with E-state index in [9.17, 15) is 9.90 Å². The third kappa shape index (κ3) is 4.98. The van der Waals surface area contributed by atoms with Crippen LogP contribution >= 0.6 is 11.3 Å². The van der Waals surface area contributed by atoms with Gasteiger partial charge in [-0.15, -0.1) is 11.3 Å². The van der Waals surface area contributed by atoms with E-state index in [0.717, 1.165) is 64.6 Å². The first-order chi connectivity index (χ1) is 13.0. The van der Waals surface area contributed by atoms with E-state index in [4.69, 9.17) is 0 Å². The maximum atomic E-state index is 13.1. The summed E-state index contributed by atoms with van der Waals surface area (Å²) in [5, 5.41) is 14.6. The predicted octanol–water partition coefficient (Wildman–Crippen LogP) is 3.46. The average Bonchev–Trinajstić information content (AvgIpc) is 3.36. The molecule has 1 aliphatic heterocycles. The molecule has 2 aliphatic rings. The molecule has 1 aromatic rings. The van der Waals surface area contributed by atoms with Gasteiger partial charge in [-0.3, -0.25) is 9.78 Å². The highest BCUT2D eigenvalue weighted by Crippen LogP contribution is 2.42. The van der Waals surface area contributed by atoms with Crippen LogP contribution in [0.15, 0.2) is 23.4 Å². The molecule has 1 amide bonds. The summed E-state index contributed by atoms with van der Waals surface area (Å²) in [7, 11) is 0. The van der Waals surface area contributed by atoms with Crippen LogP contribution in [0.2, 0.25) is 0 Å². The molecule has 0 spiro atoms. The van der Waals surface area contributed by atoms with Crippen LogP contribution in [0.5, 0.6) is 0 Å². The van der Waals surface area contributed by atoms with Gasteiger partial charge in [-0.1, -0.05) is 24.5 Å². The number of rotatable bonds is 7. The summed E-state index contributed by atoms with van der Waals surface area (Å²) in [6, 6.07) is 0.151. The first kappa shape index (κ1) is 20.5.